The largest absolute Gasteiger partial charge is 0.351 e. The van der Waals surface area contributed by atoms with Crippen LogP contribution in [0.15, 0.2) is 40.3 Å². The van der Waals surface area contributed by atoms with E-state index in [0.29, 0.717) is 18.1 Å². The van der Waals surface area contributed by atoms with Crippen LogP contribution in [-0.4, -0.2) is 88.0 Å². The molecule has 4 fully saturated rings. The summed E-state index contributed by atoms with van der Waals surface area (Å²) in [6, 6.07) is 7.51. The van der Waals surface area contributed by atoms with Crippen molar-refractivity contribution in [3.8, 4) is 0 Å². The number of hydrogen-bond acceptors (Lipinski definition) is 6. The molecule has 1 atom stereocenters. The molecule has 2 saturated heterocycles. The summed E-state index contributed by atoms with van der Waals surface area (Å²) >= 11 is 0. The number of benzene rings is 1. The first kappa shape index (κ1) is 29.7. The summed E-state index contributed by atoms with van der Waals surface area (Å²) in [6.07, 6.45) is 17.3. The van der Waals surface area contributed by atoms with E-state index in [1.807, 2.05) is 36.1 Å². The molecule has 9 heteroatoms. The third-order valence-electron chi connectivity index (χ3n) is 9.94. The Morgan fingerprint density at radius 2 is 1.53 bits per heavy atom. The number of amidine groups is 1. The van der Waals surface area contributed by atoms with E-state index in [1.54, 1.807) is 12.2 Å². The number of carbonyl (C=O) groups excluding carboxylic acids is 3. The predicted molar refractivity (Wildman–Crippen MR) is 169 cm³/mol. The molecule has 6 rings (SSSR count). The molecule has 1 aromatic carbocycles. The van der Waals surface area contributed by atoms with Gasteiger partial charge in [-0.1, -0.05) is 69.2 Å². The van der Waals surface area contributed by atoms with Gasteiger partial charge in [-0.25, -0.2) is 14.8 Å². The molecule has 2 saturated carbocycles. The predicted octanol–water partition coefficient (Wildman–Crippen LogP) is 5.15. The summed E-state index contributed by atoms with van der Waals surface area (Å²) in [5, 5.41) is 2.98. The molecule has 43 heavy (non-hydrogen) atoms. The van der Waals surface area contributed by atoms with Crippen molar-refractivity contribution in [2.45, 2.75) is 108 Å². The zero-order chi connectivity index (χ0) is 29.8. The quantitative estimate of drug-likeness (QED) is 0.426. The number of urea groups is 1. The van der Waals surface area contributed by atoms with E-state index >= 15 is 0 Å². The number of piperidine rings is 1. The van der Waals surface area contributed by atoms with E-state index in [2.05, 4.69) is 10.2 Å². The van der Waals surface area contributed by atoms with Gasteiger partial charge in [0.2, 0.25) is 5.91 Å². The minimum absolute atomic E-state index is 0.0530. The van der Waals surface area contributed by atoms with E-state index < -0.39 is 5.66 Å². The summed E-state index contributed by atoms with van der Waals surface area (Å²) in [5.41, 5.74) is 0.952. The second-order valence-corrected chi connectivity index (χ2v) is 13.0. The molecule has 1 unspecified atom stereocenters. The van der Waals surface area contributed by atoms with Gasteiger partial charge in [0.15, 0.2) is 17.2 Å². The number of amides is 4. The first-order valence-corrected chi connectivity index (χ1v) is 16.6. The van der Waals surface area contributed by atoms with Crippen molar-refractivity contribution < 1.29 is 14.4 Å². The first-order chi connectivity index (χ1) is 20.9. The van der Waals surface area contributed by atoms with Gasteiger partial charge in [-0.3, -0.25) is 19.4 Å². The molecular formula is C34H46N6O3. The topological polar surface area (TPSA) is 97.7 Å². The number of fused-ring (bicyclic) bond motifs is 1. The third-order valence-corrected chi connectivity index (χ3v) is 9.94. The lowest BCUT2D eigenvalue weighted by Crippen LogP contribution is -2.71. The Labute approximate surface area is 255 Å². The molecule has 0 radical (unpaired) electrons. The van der Waals surface area contributed by atoms with Crippen LogP contribution in [-0.2, 0) is 9.59 Å². The molecule has 3 aliphatic heterocycles. The van der Waals surface area contributed by atoms with Gasteiger partial charge in [0.1, 0.15) is 0 Å². The van der Waals surface area contributed by atoms with Crippen LogP contribution in [0.25, 0.3) is 6.08 Å². The van der Waals surface area contributed by atoms with E-state index in [4.69, 9.17) is 9.98 Å². The molecular weight excluding hydrogens is 540 g/mol. The minimum atomic E-state index is -1.10. The first-order valence-electron chi connectivity index (χ1n) is 16.6. The van der Waals surface area contributed by atoms with Crippen LogP contribution in [0.4, 0.5) is 4.79 Å². The van der Waals surface area contributed by atoms with Crippen LogP contribution in [0.2, 0.25) is 0 Å². The molecule has 0 aromatic heterocycles. The molecule has 1 aromatic rings. The second kappa shape index (κ2) is 13.1. The highest BCUT2D eigenvalue weighted by Gasteiger charge is 2.57. The summed E-state index contributed by atoms with van der Waals surface area (Å²) in [6.45, 7) is 5.68. The number of hydrogen-bond donors (Lipinski definition) is 1. The fraction of sp³-hybridized carbons (Fsp3) is 0.618. The van der Waals surface area contributed by atoms with Gasteiger partial charge in [0.25, 0.3) is 5.91 Å². The van der Waals surface area contributed by atoms with E-state index in [-0.39, 0.29) is 29.9 Å². The number of imide groups is 1. The molecule has 0 spiro atoms. The summed E-state index contributed by atoms with van der Waals surface area (Å²) in [7, 11) is 0. The van der Waals surface area contributed by atoms with Gasteiger partial charge < -0.3 is 10.2 Å². The Bertz CT molecular complexity index is 1290. The monoisotopic (exact) mass is 586 g/mol. The maximum atomic E-state index is 14.1. The number of carbonyl (C=O) groups is 3. The average Bonchev–Trinajstić information content (AvgIpc) is 3.40. The summed E-state index contributed by atoms with van der Waals surface area (Å²) in [5.74, 6) is 0.102. The molecule has 0 bridgehead atoms. The van der Waals surface area contributed by atoms with Gasteiger partial charge in [0, 0.05) is 36.8 Å². The molecule has 3 heterocycles. The lowest BCUT2D eigenvalue weighted by Gasteiger charge is -2.50. The molecule has 4 amide bonds. The minimum Gasteiger partial charge on any atom is -0.351 e. The van der Waals surface area contributed by atoms with Crippen molar-refractivity contribution in [2.24, 2.45) is 9.98 Å². The van der Waals surface area contributed by atoms with Crippen LogP contribution in [0, 0.1) is 0 Å². The molecule has 2 aliphatic carbocycles. The highest BCUT2D eigenvalue weighted by Crippen LogP contribution is 2.40. The van der Waals surface area contributed by atoms with Gasteiger partial charge in [-0.05, 0) is 70.2 Å². The fourth-order valence-corrected chi connectivity index (χ4v) is 7.55. The zero-order valence-corrected chi connectivity index (χ0v) is 25.6. The number of aliphatic imine (C=N–C) groups is 2. The van der Waals surface area contributed by atoms with Crippen LogP contribution in [0.5, 0.6) is 0 Å². The third kappa shape index (κ3) is 6.33. The Balaban J connectivity index is 1.17. The molecule has 5 aliphatic rings. The molecule has 1 N–H and O–H groups in total. The normalized spacial score (nSPS) is 26.1. The number of nitrogens with zero attached hydrogens (tertiary/aromatic N) is 5. The lowest BCUT2D eigenvalue weighted by atomic mass is 9.88. The lowest BCUT2D eigenvalue weighted by molar-refractivity contribution is -0.127. The van der Waals surface area contributed by atoms with Crippen molar-refractivity contribution in [1.29, 1.82) is 0 Å². The molecule has 9 nitrogen and oxygen atoms in total. The second-order valence-electron chi connectivity index (χ2n) is 13.0. The SMILES string of the molecule is CC12N=C(c3ccc(/C=C/C(=O)NCCN4CCCCC4)cc3)N=C1C(=O)N(C1CCCCC1)C(=O)N2C1CCCCC1. The average molecular weight is 587 g/mol. The van der Waals surface area contributed by atoms with Crippen molar-refractivity contribution in [3.63, 3.8) is 0 Å². The number of rotatable bonds is 8. The Morgan fingerprint density at radius 3 is 2.21 bits per heavy atom. The van der Waals surface area contributed by atoms with Crippen molar-refractivity contribution in [3.05, 3.63) is 41.5 Å². The van der Waals surface area contributed by atoms with Crippen LogP contribution >= 0.6 is 0 Å². The number of nitrogens with one attached hydrogen (secondary N) is 1. The smallest absolute Gasteiger partial charge is 0.329 e. The fourth-order valence-electron chi connectivity index (χ4n) is 7.55. The van der Waals surface area contributed by atoms with Gasteiger partial charge >= 0.3 is 6.03 Å². The molecule has 230 valence electrons. The van der Waals surface area contributed by atoms with Crippen molar-refractivity contribution in [2.75, 3.05) is 26.2 Å². The van der Waals surface area contributed by atoms with Crippen LogP contribution in [0.1, 0.15) is 102 Å². The van der Waals surface area contributed by atoms with Gasteiger partial charge in [-0.15, -0.1) is 0 Å². The van der Waals surface area contributed by atoms with Crippen LogP contribution < -0.4 is 5.32 Å². The number of likely N-dealkylation sites (tertiary alicyclic amines) is 1. The maximum absolute atomic E-state index is 14.1. The standard InChI is InChI=1S/C34H46N6O3/c1-34-30(32(42)39(27-11-5-2-6-12-27)33(43)40(34)28-13-7-3-8-14-28)36-31(37-34)26-18-15-25(16-19-26)17-20-29(41)35-21-24-38-22-9-4-10-23-38/h15-20,27-28H,2-14,21-24H2,1H3,(H,35,41)/b20-17+. The van der Waals surface area contributed by atoms with E-state index in [0.717, 1.165) is 88.5 Å². The highest BCUT2D eigenvalue weighted by atomic mass is 16.2. The van der Waals surface area contributed by atoms with Crippen molar-refractivity contribution in [1.82, 2.24) is 20.0 Å². The Hall–Kier alpha value is -3.33. The van der Waals surface area contributed by atoms with Gasteiger partial charge in [0.05, 0.1) is 0 Å². The summed E-state index contributed by atoms with van der Waals surface area (Å²) < 4.78 is 0. The van der Waals surface area contributed by atoms with Gasteiger partial charge in [-0.2, -0.15) is 0 Å². The zero-order valence-electron chi connectivity index (χ0n) is 25.6. The van der Waals surface area contributed by atoms with E-state index in [9.17, 15) is 14.4 Å². The Morgan fingerprint density at radius 1 is 0.907 bits per heavy atom. The van der Waals surface area contributed by atoms with Crippen molar-refractivity contribution >= 4 is 35.5 Å². The summed E-state index contributed by atoms with van der Waals surface area (Å²) in [4.78, 5) is 56.0. The van der Waals surface area contributed by atoms with E-state index in [1.165, 1.54) is 30.6 Å². The Kier molecular flexibility index (Phi) is 9.07. The highest BCUT2D eigenvalue weighted by molar-refractivity contribution is 6.49. The maximum Gasteiger partial charge on any atom is 0.329 e. The van der Waals surface area contributed by atoms with Crippen LogP contribution in [0.3, 0.4) is 0 Å².